The molecule has 5 heteroatoms. The van der Waals surface area contributed by atoms with Crippen LogP contribution < -0.4 is 4.74 Å². The van der Waals surface area contributed by atoms with E-state index in [4.69, 9.17) is 4.74 Å². The predicted octanol–water partition coefficient (Wildman–Crippen LogP) is 2.48. The Kier molecular flexibility index (Phi) is 5.88. The van der Waals surface area contributed by atoms with Crippen molar-refractivity contribution < 1.29 is 14.6 Å². The second-order valence-corrected chi connectivity index (χ2v) is 6.75. The zero-order valence-corrected chi connectivity index (χ0v) is 14.6. The molecule has 1 fully saturated rings. The molecule has 0 aliphatic carbocycles. The van der Waals surface area contributed by atoms with Crippen LogP contribution in [0.2, 0.25) is 0 Å². The van der Waals surface area contributed by atoms with Gasteiger partial charge in [-0.15, -0.1) is 0 Å². The van der Waals surface area contributed by atoms with E-state index in [-0.39, 0.29) is 17.7 Å². The van der Waals surface area contributed by atoms with Crippen molar-refractivity contribution in [3.05, 3.63) is 23.8 Å². The highest BCUT2D eigenvalue weighted by atomic mass is 16.5. The van der Waals surface area contributed by atoms with E-state index in [1.807, 2.05) is 11.0 Å². The lowest BCUT2D eigenvalue weighted by Gasteiger charge is -2.37. The van der Waals surface area contributed by atoms with Gasteiger partial charge in [-0.25, -0.2) is 0 Å². The summed E-state index contributed by atoms with van der Waals surface area (Å²) >= 11 is 0. The average Bonchev–Trinajstić information content (AvgIpc) is 2.49. The fourth-order valence-corrected chi connectivity index (χ4v) is 3.24. The SMILES string of the molecule is COc1ccc(CN(C)CC2CCC(=O)N(C(C)C)C2)cc1O. The summed E-state index contributed by atoms with van der Waals surface area (Å²) in [7, 11) is 3.63. The van der Waals surface area contributed by atoms with Gasteiger partial charge in [0.25, 0.3) is 0 Å². The minimum Gasteiger partial charge on any atom is -0.504 e. The molecule has 0 bridgehead atoms. The predicted molar refractivity (Wildman–Crippen MR) is 90.6 cm³/mol. The topological polar surface area (TPSA) is 53.0 Å². The fourth-order valence-electron chi connectivity index (χ4n) is 3.24. The van der Waals surface area contributed by atoms with Crippen molar-refractivity contribution in [3.63, 3.8) is 0 Å². The summed E-state index contributed by atoms with van der Waals surface area (Å²) in [5.74, 6) is 1.45. The largest absolute Gasteiger partial charge is 0.504 e. The Hall–Kier alpha value is -1.75. The molecule has 0 radical (unpaired) electrons. The number of hydrogen-bond donors (Lipinski definition) is 1. The number of carbonyl (C=O) groups excluding carboxylic acids is 1. The normalized spacial score (nSPS) is 18.8. The first-order chi connectivity index (χ1) is 10.9. The minimum absolute atomic E-state index is 0.174. The lowest BCUT2D eigenvalue weighted by Crippen LogP contribution is -2.46. The van der Waals surface area contributed by atoms with E-state index >= 15 is 0 Å². The van der Waals surface area contributed by atoms with Crippen LogP contribution in [0.15, 0.2) is 18.2 Å². The molecule has 2 rings (SSSR count). The highest BCUT2D eigenvalue weighted by Gasteiger charge is 2.27. The molecule has 0 saturated carbocycles. The highest BCUT2D eigenvalue weighted by molar-refractivity contribution is 5.77. The third-order valence-electron chi connectivity index (χ3n) is 4.43. The second-order valence-electron chi connectivity index (χ2n) is 6.75. The summed E-state index contributed by atoms with van der Waals surface area (Å²) in [6.45, 7) is 6.70. The molecule has 23 heavy (non-hydrogen) atoms. The zero-order valence-electron chi connectivity index (χ0n) is 14.6. The molecule has 1 amide bonds. The lowest BCUT2D eigenvalue weighted by molar-refractivity contribution is -0.136. The van der Waals surface area contributed by atoms with Gasteiger partial charge >= 0.3 is 0 Å². The number of aromatic hydroxyl groups is 1. The Labute approximate surface area is 138 Å². The maximum absolute atomic E-state index is 11.9. The summed E-state index contributed by atoms with van der Waals surface area (Å²) in [5, 5.41) is 9.86. The van der Waals surface area contributed by atoms with Gasteiger partial charge in [-0.3, -0.25) is 4.79 Å². The van der Waals surface area contributed by atoms with Gasteiger partial charge in [-0.05, 0) is 50.9 Å². The summed E-state index contributed by atoms with van der Waals surface area (Å²) in [5.41, 5.74) is 1.05. The van der Waals surface area contributed by atoms with Crippen molar-refractivity contribution in [1.29, 1.82) is 0 Å². The first-order valence-corrected chi connectivity index (χ1v) is 8.24. The third-order valence-corrected chi connectivity index (χ3v) is 4.43. The summed E-state index contributed by atoms with van der Waals surface area (Å²) < 4.78 is 5.07. The van der Waals surface area contributed by atoms with Crippen LogP contribution in [0.25, 0.3) is 0 Å². The molecule has 0 spiro atoms. The van der Waals surface area contributed by atoms with Crippen molar-refractivity contribution in [1.82, 2.24) is 9.80 Å². The average molecular weight is 320 g/mol. The third kappa shape index (κ3) is 4.61. The van der Waals surface area contributed by atoms with Gasteiger partial charge < -0.3 is 19.6 Å². The number of ether oxygens (including phenoxy) is 1. The maximum Gasteiger partial charge on any atom is 0.222 e. The minimum atomic E-state index is 0.174. The number of phenols is 1. The first-order valence-electron chi connectivity index (χ1n) is 8.24. The molecule has 1 unspecified atom stereocenters. The molecule has 1 aromatic carbocycles. The molecular weight excluding hydrogens is 292 g/mol. The number of nitrogens with zero attached hydrogens (tertiary/aromatic N) is 2. The van der Waals surface area contributed by atoms with Gasteiger partial charge in [0.15, 0.2) is 11.5 Å². The molecule has 1 N–H and O–H groups in total. The molecule has 1 heterocycles. The number of piperidine rings is 1. The van der Waals surface area contributed by atoms with Crippen LogP contribution in [0.5, 0.6) is 11.5 Å². The number of hydrogen-bond acceptors (Lipinski definition) is 4. The van der Waals surface area contributed by atoms with Crippen LogP contribution in [0.4, 0.5) is 0 Å². The van der Waals surface area contributed by atoms with E-state index in [2.05, 4.69) is 25.8 Å². The number of benzene rings is 1. The maximum atomic E-state index is 11.9. The highest BCUT2D eigenvalue weighted by Crippen LogP contribution is 2.27. The number of phenolic OH excluding ortho intramolecular Hbond substituents is 1. The number of methoxy groups -OCH3 is 1. The first kappa shape index (κ1) is 17.6. The molecule has 5 nitrogen and oxygen atoms in total. The van der Waals surface area contributed by atoms with E-state index in [1.165, 1.54) is 0 Å². The molecular formula is C18H28N2O3. The van der Waals surface area contributed by atoms with Gasteiger partial charge in [0.2, 0.25) is 5.91 Å². The number of carbonyl (C=O) groups is 1. The number of likely N-dealkylation sites (tertiary alicyclic amines) is 1. The Morgan fingerprint density at radius 3 is 2.78 bits per heavy atom. The Bertz CT molecular complexity index is 545. The number of amides is 1. The quantitative estimate of drug-likeness (QED) is 0.875. The lowest BCUT2D eigenvalue weighted by atomic mass is 9.96. The second kappa shape index (κ2) is 7.68. The zero-order chi connectivity index (χ0) is 17.0. The Morgan fingerprint density at radius 2 is 2.17 bits per heavy atom. The molecule has 0 aromatic heterocycles. The standard InChI is InChI=1S/C18H28N2O3/c1-13(2)20-12-15(6-8-18(20)22)11-19(3)10-14-5-7-17(23-4)16(21)9-14/h5,7,9,13,15,21H,6,8,10-12H2,1-4H3. The van der Waals surface area contributed by atoms with Crippen LogP contribution in [0.1, 0.15) is 32.3 Å². The van der Waals surface area contributed by atoms with Gasteiger partial charge in [-0.1, -0.05) is 6.07 Å². The van der Waals surface area contributed by atoms with E-state index in [0.717, 1.165) is 31.6 Å². The summed E-state index contributed by atoms with van der Waals surface area (Å²) in [4.78, 5) is 16.2. The van der Waals surface area contributed by atoms with Crippen molar-refractivity contribution in [2.75, 3.05) is 27.2 Å². The van der Waals surface area contributed by atoms with Crippen LogP contribution >= 0.6 is 0 Å². The monoisotopic (exact) mass is 320 g/mol. The van der Waals surface area contributed by atoms with E-state index in [9.17, 15) is 9.90 Å². The molecule has 1 saturated heterocycles. The fraction of sp³-hybridized carbons (Fsp3) is 0.611. The Morgan fingerprint density at radius 1 is 1.43 bits per heavy atom. The van der Waals surface area contributed by atoms with Crippen molar-refractivity contribution in [2.24, 2.45) is 5.92 Å². The smallest absolute Gasteiger partial charge is 0.222 e. The van der Waals surface area contributed by atoms with E-state index < -0.39 is 0 Å². The van der Waals surface area contributed by atoms with Crippen LogP contribution in [0, 0.1) is 5.92 Å². The van der Waals surface area contributed by atoms with Gasteiger partial charge in [0, 0.05) is 32.1 Å². The van der Waals surface area contributed by atoms with Crippen LogP contribution in [0.3, 0.4) is 0 Å². The molecule has 1 atom stereocenters. The molecule has 1 aliphatic heterocycles. The van der Waals surface area contributed by atoms with E-state index in [0.29, 0.717) is 18.1 Å². The van der Waals surface area contributed by atoms with Crippen molar-refractivity contribution in [2.45, 2.75) is 39.3 Å². The van der Waals surface area contributed by atoms with E-state index in [1.54, 1.807) is 19.2 Å². The van der Waals surface area contributed by atoms with Gasteiger partial charge in [0.05, 0.1) is 7.11 Å². The van der Waals surface area contributed by atoms with Crippen LogP contribution in [-0.2, 0) is 11.3 Å². The van der Waals surface area contributed by atoms with Gasteiger partial charge in [0.1, 0.15) is 0 Å². The van der Waals surface area contributed by atoms with Crippen molar-refractivity contribution in [3.8, 4) is 11.5 Å². The molecule has 128 valence electrons. The molecule has 1 aliphatic rings. The summed E-state index contributed by atoms with van der Waals surface area (Å²) in [6, 6.07) is 5.78. The van der Waals surface area contributed by atoms with Crippen LogP contribution in [-0.4, -0.2) is 54.1 Å². The number of rotatable bonds is 6. The van der Waals surface area contributed by atoms with Gasteiger partial charge in [-0.2, -0.15) is 0 Å². The Balaban J connectivity index is 1.90. The molecule has 1 aromatic rings. The van der Waals surface area contributed by atoms with Crippen molar-refractivity contribution >= 4 is 5.91 Å². The summed E-state index contributed by atoms with van der Waals surface area (Å²) in [6.07, 6.45) is 1.61.